The molecule has 0 fully saturated rings. The first-order valence-electron chi connectivity index (χ1n) is 11.2. The van der Waals surface area contributed by atoms with Crippen molar-refractivity contribution in [3.63, 3.8) is 0 Å². The van der Waals surface area contributed by atoms with Gasteiger partial charge in [0.25, 0.3) is 0 Å². The Hall–Kier alpha value is -4.56. The summed E-state index contributed by atoms with van der Waals surface area (Å²) in [5.74, 6) is 1.16. The molecule has 0 amide bonds. The van der Waals surface area contributed by atoms with Gasteiger partial charge in [0.05, 0.1) is 11.6 Å². The third kappa shape index (κ3) is 4.62. The van der Waals surface area contributed by atoms with Gasteiger partial charge in [-0.25, -0.2) is 4.42 Å². The number of carbonyl (C=O) groups excluding carboxylic acids is 1. The van der Waals surface area contributed by atoms with Crippen molar-refractivity contribution in [3.8, 4) is 22.5 Å². The van der Waals surface area contributed by atoms with Crippen molar-refractivity contribution in [2.24, 2.45) is 0 Å². The minimum absolute atomic E-state index is 0.0688. The normalized spacial score (nSPS) is 10.9. The van der Waals surface area contributed by atoms with Crippen molar-refractivity contribution in [2.45, 2.75) is 0 Å². The van der Waals surface area contributed by atoms with E-state index in [2.05, 4.69) is 0 Å². The molecule has 0 unspecified atom stereocenters. The molecule has 2 nitrogen and oxygen atoms in total. The average Bonchev–Trinajstić information content (AvgIpc) is 2.93. The van der Waals surface area contributed by atoms with Gasteiger partial charge >= 0.3 is 11.5 Å². The Morgan fingerprint density at radius 3 is 1.74 bits per heavy atom. The zero-order valence-electron chi connectivity index (χ0n) is 18.6. The molecule has 0 spiro atoms. The summed E-state index contributed by atoms with van der Waals surface area (Å²) in [6.07, 6.45) is 3.96. The molecular weight excluding hydrogens is 416 g/mol. The monoisotopic (exact) mass is 439 g/mol. The Kier molecular flexibility index (Phi) is 6.22. The number of hydrogen-bond acceptors (Lipinski definition) is 1. The van der Waals surface area contributed by atoms with Gasteiger partial charge in [-0.2, -0.15) is 0 Å². The molecule has 0 saturated carbocycles. The largest absolute Gasteiger partial charge is 0.372 e. The van der Waals surface area contributed by atoms with Gasteiger partial charge in [-0.1, -0.05) is 109 Å². The molecule has 0 aliphatic carbocycles. The van der Waals surface area contributed by atoms with Crippen LogP contribution >= 0.6 is 0 Å². The number of rotatable bonds is 6. The Bertz CT molecular complexity index is 1360. The molecule has 162 valence electrons. The second kappa shape index (κ2) is 9.93. The van der Waals surface area contributed by atoms with Crippen LogP contribution in [0.1, 0.15) is 27.2 Å². The third-order valence-corrected chi connectivity index (χ3v) is 5.63. The van der Waals surface area contributed by atoms with Gasteiger partial charge in [-0.3, -0.25) is 4.79 Å². The van der Waals surface area contributed by atoms with Gasteiger partial charge in [0.1, 0.15) is 5.56 Å². The van der Waals surface area contributed by atoms with Gasteiger partial charge < -0.3 is 0 Å². The molecule has 0 bridgehead atoms. The number of carbonyl (C=O) groups is 1. The van der Waals surface area contributed by atoms with Crippen LogP contribution in [0.15, 0.2) is 132 Å². The smallest absolute Gasteiger partial charge is 0.288 e. The first kappa shape index (κ1) is 21.3. The summed E-state index contributed by atoms with van der Waals surface area (Å²) >= 11 is 0. The first-order chi connectivity index (χ1) is 16.8. The summed E-state index contributed by atoms with van der Waals surface area (Å²) in [5.41, 5.74) is 4.91. The van der Waals surface area contributed by atoms with Gasteiger partial charge in [-0.05, 0) is 29.3 Å². The van der Waals surface area contributed by atoms with E-state index in [1.54, 1.807) is 0 Å². The van der Waals surface area contributed by atoms with Crippen molar-refractivity contribution in [2.75, 3.05) is 0 Å². The summed E-state index contributed by atoms with van der Waals surface area (Å²) in [7, 11) is 0. The zero-order valence-corrected chi connectivity index (χ0v) is 18.6. The van der Waals surface area contributed by atoms with E-state index in [9.17, 15) is 4.79 Å². The van der Waals surface area contributed by atoms with Crippen LogP contribution < -0.4 is 0 Å². The topological polar surface area (TPSA) is 28.4 Å². The average molecular weight is 440 g/mol. The minimum Gasteiger partial charge on any atom is -0.288 e. The lowest BCUT2D eigenvalue weighted by Gasteiger charge is -2.09. The fourth-order valence-electron chi connectivity index (χ4n) is 3.96. The van der Waals surface area contributed by atoms with Crippen molar-refractivity contribution in [1.29, 1.82) is 0 Å². The van der Waals surface area contributed by atoms with E-state index < -0.39 is 0 Å². The second-order valence-corrected chi connectivity index (χ2v) is 7.94. The van der Waals surface area contributed by atoms with Crippen LogP contribution in [0, 0.1) is 0 Å². The molecule has 1 aromatic heterocycles. The highest BCUT2D eigenvalue weighted by atomic mass is 16.3. The quantitative estimate of drug-likeness (QED) is 0.197. The van der Waals surface area contributed by atoms with E-state index in [0.29, 0.717) is 22.6 Å². The van der Waals surface area contributed by atoms with E-state index in [-0.39, 0.29) is 5.78 Å². The van der Waals surface area contributed by atoms with E-state index in [4.69, 9.17) is 4.42 Å². The maximum Gasteiger partial charge on any atom is 0.372 e. The van der Waals surface area contributed by atoms with Crippen LogP contribution in [0.2, 0.25) is 0 Å². The number of hydrogen-bond donors (Lipinski definition) is 0. The lowest BCUT2D eigenvalue weighted by atomic mass is 9.91. The number of ketones is 1. The number of benzene rings is 4. The molecule has 5 rings (SSSR count). The molecule has 0 N–H and O–H groups in total. The maximum atomic E-state index is 13.8. The Balaban J connectivity index is 1.76. The maximum absolute atomic E-state index is 13.8. The molecule has 1 heterocycles. The lowest BCUT2D eigenvalue weighted by molar-refractivity contribution is 0.103. The molecule has 0 atom stereocenters. The predicted octanol–water partition coefficient (Wildman–Crippen LogP) is 8.30. The van der Waals surface area contributed by atoms with E-state index in [0.717, 1.165) is 22.3 Å². The van der Waals surface area contributed by atoms with Crippen LogP contribution in [0.25, 0.3) is 34.6 Å². The van der Waals surface area contributed by atoms with Gasteiger partial charge in [-0.15, -0.1) is 0 Å². The highest BCUT2D eigenvalue weighted by molar-refractivity contribution is 6.16. The summed E-state index contributed by atoms with van der Waals surface area (Å²) in [5, 5.41) is 0. The molecular formula is C32H23O2+. The fourth-order valence-corrected chi connectivity index (χ4v) is 3.96. The first-order valence-corrected chi connectivity index (χ1v) is 11.2. The van der Waals surface area contributed by atoms with Gasteiger partial charge in [0.15, 0.2) is 0 Å². The SMILES string of the molecule is O=C(c1ccccc1)c1c(-c2ccccc2)cc(/C=C/c2ccccc2)[o+]c1-c1ccccc1. The van der Waals surface area contributed by atoms with Crippen LogP contribution in [0.4, 0.5) is 0 Å². The van der Waals surface area contributed by atoms with E-state index >= 15 is 0 Å². The van der Waals surface area contributed by atoms with Crippen LogP contribution in [0.3, 0.4) is 0 Å². The Morgan fingerprint density at radius 1 is 0.588 bits per heavy atom. The van der Waals surface area contributed by atoms with Gasteiger partial charge in [0, 0.05) is 17.2 Å². The lowest BCUT2D eigenvalue weighted by Crippen LogP contribution is -2.07. The highest BCUT2D eigenvalue weighted by Gasteiger charge is 2.31. The molecule has 0 radical (unpaired) electrons. The predicted molar refractivity (Wildman–Crippen MR) is 139 cm³/mol. The van der Waals surface area contributed by atoms with E-state index in [1.165, 1.54) is 0 Å². The molecule has 4 aromatic carbocycles. The van der Waals surface area contributed by atoms with Crippen molar-refractivity contribution in [3.05, 3.63) is 150 Å². The van der Waals surface area contributed by atoms with Gasteiger partial charge in [0.2, 0.25) is 5.78 Å². The molecule has 2 heteroatoms. The second-order valence-electron chi connectivity index (χ2n) is 7.94. The summed E-state index contributed by atoms with van der Waals surface area (Å²) in [4.78, 5) is 13.8. The molecule has 0 aliphatic heterocycles. The molecule has 0 saturated heterocycles. The standard InChI is InChI=1S/C32H23O2/c33-31(26-17-9-3-10-18-26)30-29(25-15-7-2-8-16-25)23-28(22-21-24-13-5-1-6-14-24)34-32(30)27-19-11-4-12-20-27/h1-23H/q+1/b22-21+. The molecule has 34 heavy (non-hydrogen) atoms. The van der Waals surface area contributed by atoms with Crippen LogP contribution in [-0.4, -0.2) is 5.78 Å². The fraction of sp³-hybridized carbons (Fsp3) is 0. The Labute approximate surface area is 199 Å². The summed E-state index contributed by atoms with van der Waals surface area (Å²) < 4.78 is 6.41. The highest BCUT2D eigenvalue weighted by Crippen LogP contribution is 2.36. The molecule has 0 aliphatic rings. The summed E-state index contributed by atoms with van der Waals surface area (Å²) in [6, 6.07) is 41.2. The zero-order chi connectivity index (χ0) is 23.2. The van der Waals surface area contributed by atoms with Crippen LogP contribution in [-0.2, 0) is 0 Å². The van der Waals surface area contributed by atoms with Crippen molar-refractivity contribution < 1.29 is 9.21 Å². The van der Waals surface area contributed by atoms with Crippen molar-refractivity contribution in [1.82, 2.24) is 0 Å². The molecule has 5 aromatic rings. The summed E-state index contributed by atoms with van der Waals surface area (Å²) in [6.45, 7) is 0. The third-order valence-electron chi connectivity index (χ3n) is 5.63. The van der Waals surface area contributed by atoms with E-state index in [1.807, 2.05) is 140 Å². The van der Waals surface area contributed by atoms with Crippen molar-refractivity contribution >= 4 is 17.9 Å². The van der Waals surface area contributed by atoms with Crippen LogP contribution in [0.5, 0.6) is 0 Å². The Morgan fingerprint density at radius 2 is 1.12 bits per heavy atom. The minimum atomic E-state index is -0.0688.